The summed E-state index contributed by atoms with van der Waals surface area (Å²) in [4.78, 5) is 13.6. The molecule has 0 radical (unpaired) electrons. The van der Waals surface area contributed by atoms with Crippen molar-refractivity contribution in [1.82, 2.24) is 0 Å². The molecular weight excluding hydrogens is 276 g/mol. The molecule has 0 saturated carbocycles. The Hall–Kier alpha value is -1.54. The van der Waals surface area contributed by atoms with Gasteiger partial charge in [-0.3, -0.25) is 4.79 Å². The van der Waals surface area contributed by atoms with Gasteiger partial charge >= 0.3 is 0 Å². The number of hydrogen-bond acceptors (Lipinski definition) is 2. The van der Waals surface area contributed by atoms with Crippen LogP contribution in [0.2, 0.25) is 0 Å². The third-order valence-corrected chi connectivity index (χ3v) is 5.51. The number of rotatable bonds is 3. The second-order valence-corrected chi connectivity index (χ2v) is 6.95. The minimum absolute atomic E-state index is 0.238. The van der Waals surface area contributed by atoms with E-state index < -0.39 is 0 Å². The molecule has 0 N–H and O–H groups in total. The number of aryl methyl sites for hydroxylation is 1. The Bertz CT molecular complexity index is 661. The van der Waals surface area contributed by atoms with Gasteiger partial charge in [0.2, 0.25) is 0 Å². The maximum absolute atomic E-state index is 12.5. The van der Waals surface area contributed by atoms with Gasteiger partial charge in [-0.25, -0.2) is 0 Å². The van der Waals surface area contributed by atoms with E-state index in [2.05, 4.69) is 56.3 Å². The summed E-state index contributed by atoms with van der Waals surface area (Å²) < 4.78 is 0. The van der Waals surface area contributed by atoms with Crippen molar-refractivity contribution in [3.63, 3.8) is 0 Å². The molecule has 1 aliphatic carbocycles. The van der Waals surface area contributed by atoms with E-state index in [1.807, 2.05) is 18.7 Å². The second kappa shape index (κ2) is 5.69. The lowest BCUT2D eigenvalue weighted by Crippen LogP contribution is -2.17. The second-order valence-electron chi connectivity index (χ2n) is 5.76. The van der Waals surface area contributed by atoms with E-state index in [0.717, 1.165) is 5.57 Å². The molecule has 2 heteroatoms. The zero-order valence-corrected chi connectivity index (χ0v) is 13.5. The molecule has 2 atom stereocenters. The third-order valence-electron chi connectivity index (χ3n) is 4.11. The molecule has 1 nitrogen and oxygen atoms in total. The van der Waals surface area contributed by atoms with Gasteiger partial charge < -0.3 is 0 Å². The van der Waals surface area contributed by atoms with E-state index in [4.69, 9.17) is 0 Å². The summed E-state index contributed by atoms with van der Waals surface area (Å²) in [5, 5.41) is 0.372. The van der Waals surface area contributed by atoms with Gasteiger partial charge in [-0.1, -0.05) is 60.6 Å². The quantitative estimate of drug-likeness (QED) is 0.786. The number of thioether (sulfide) groups is 1. The highest BCUT2D eigenvalue weighted by Gasteiger charge is 2.37. The van der Waals surface area contributed by atoms with Crippen molar-refractivity contribution in [3.8, 4) is 0 Å². The molecule has 108 valence electrons. The molecule has 0 saturated heterocycles. The average Bonchev–Trinajstić information content (AvgIpc) is 2.85. The first-order chi connectivity index (χ1) is 10.1. The first-order valence-electron chi connectivity index (χ1n) is 7.48. The van der Waals surface area contributed by atoms with Crippen LogP contribution in [0.5, 0.6) is 0 Å². The Morgan fingerprint density at radius 1 is 1.19 bits per heavy atom. The van der Waals surface area contributed by atoms with Crippen LogP contribution in [0.25, 0.3) is 4.91 Å². The van der Waals surface area contributed by atoms with Gasteiger partial charge in [0.15, 0.2) is 5.78 Å². The minimum atomic E-state index is 0.238. The molecule has 2 unspecified atom stereocenters. The third kappa shape index (κ3) is 2.65. The summed E-state index contributed by atoms with van der Waals surface area (Å²) in [6.07, 6.45) is 7.21. The number of allylic oxidation sites excluding steroid dienone is 4. The molecule has 21 heavy (non-hydrogen) atoms. The van der Waals surface area contributed by atoms with Crippen LogP contribution in [0.15, 0.2) is 53.6 Å². The highest BCUT2D eigenvalue weighted by molar-refractivity contribution is 8.09. The van der Waals surface area contributed by atoms with Gasteiger partial charge in [0, 0.05) is 28.1 Å². The van der Waals surface area contributed by atoms with Crippen molar-refractivity contribution in [1.29, 1.82) is 0 Å². The molecule has 1 aromatic rings. The van der Waals surface area contributed by atoms with Crippen LogP contribution in [0, 0.1) is 12.8 Å². The maximum atomic E-state index is 12.5. The Morgan fingerprint density at radius 2 is 1.90 bits per heavy atom. The van der Waals surface area contributed by atoms with Crippen molar-refractivity contribution in [2.24, 2.45) is 5.92 Å². The van der Waals surface area contributed by atoms with Crippen molar-refractivity contribution in [2.75, 3.05) is 0 Å². The van der Waals surface area contributed by atoms with E-state index in [1.165, 1.54) is 21.6 Å². The fourth-order valence-corrected chi connectivity index (χ4v) is 4.51. The van der Waals surface area contributed by atoms with Crippen LogP contribution in [0.1, 0.15) is 31.4 Å². The minimum Gasteiger partial charge on any atom is -0.294 e. The molecule has 0 fully saturated rings. The molecule has 3 rings (SSSR count). The molecule has 2 aliphatic rings. The van der Waals surface area contributed by atoms with Crippen LogP contribution in [0.3, 0.4) is 0 Å². The van der Waals surface area contributed by atoms with Crippen LogP contribution in [-0.4, -0.2) is 11.0 Å². The van der Waals surface area contributed by atoms with Crippen molar-refractivity contribution >= 4 is 22.5 Å². The molecule has 1 aliphatic heterocycles. The highest BCUT2D eigenvalue weighted by Crippen LogP contribution is 2.50. The van der Waals surface area contributed by atoms with Gasteiger partial charge in [0.1, 0.15) is 0 Å². The monoisotopic (exact) mass is 296 g/mol. The van der Waals surface area contributed by atoms with Crippen molar-refractivity contribution in [2.45, 2.75) is 32.4 Å². The predicted molar refractivity (Wildman–Crippen MR) is 91.2 cm³/mol. The molecule has 0 amide bonds. The Kier molecular flexibility index (Phi) is 3.90. The van der Waals surface area contributed by atoms with E-state index >= 15 is 0 Å². The molecule has 1 aromatic carbocycles. The summed E-state index contributed by atoms with van der Waals surface area (Å²) in [5.74, 6) is 0.519. The number of fused-ring (bicyclic) bond motifs is 1. The Balaban J connectivity index is 2.07. The van der Waals surface area contributed by atoms with Gasteiger partial charge in [0.25, 0.3) is 0 Å². The smallest absolute Gasteiger partial charge is 0.160 e. The number of ketones is 1. The fourth-order valence-electron chi connectivity index (χ4n) is 2.93. The molecule has 0 bridgehead atoms. The lowest BCUT2D eigenvalue weighted by Gasteiger charge is -2.19. The average molecular weight is 296 g/mol. The normalized spacial score (nSPS) is 24.0. The number of benzene rings is 1. The summed E-state index contributed by atoms with van der Waals surface area (Å²) in [6, 6.07) is 8.52. The molecule has 0 spiro atoms. The van der Waals surface area contributed by atoms with Gasteiger partial charge in [0.05, 0.1) is 0 Å². The largest absolute Gasteiger partial charge is 0.294 e. The van der Waals surface area contributed by atoms with Gasteiger partial charge in [-0.05, 0) is 19.4 Å². The van der Waals surface area contributed by atoms with E-state index in [1.54, 1.807) is 0 Å². The van der Waals surface area contributed by atoms with Crippen molar-refractivity contribution in [3.05, 3.63) is 64.8 Å². The zero-order chi connectivity index (χ0) is 15.0. The van der Waals surface area contributed by atoms with E-state index in [-0.39, 0.29) is 11.7 Å². The van der Waals surface area contributed by atoms with Crippen LogP contribution >= 0.6 is 11.8 Å². The standard InChI is InChI=1S/C19H20OS/c1-4-16(20)18-15-10-7-13(3)11-17(15)21-19(18)14-8-5-12(2)6-9-14/h5-11,15,17H,4H2,1-3H3. The predicted octanol–water partition coefficient (Wildman–Crippen LogP) is 4.93. The zero-order valence-electron chi connectivity index (χ0n) is 12.7. The maximum Gasteiger partial charge on any atom is 0.160 e. The first-order valence-corrected chi connectivity index (χ1v) is 8.35. The summed E-state index contributed by atoms with van der Waals surface area (Å²) in [7, 11) is 0. The van der Waals surface area contributed by atoms with E-state index in [9.17, 15) is 4.79 Å². The molecule has 1 heterocycles. The lowest BCUT2D eigenvalue weighted by molar-refractivity contribution is -0.115. The van der Waals surface area contributed by atoms with Gasteiger partial charge in [-0.15, -0.1) is 11.8 Å². The van der Waals surface area contributed by atoms with Gasteiger partial charge in [-0.2, -0.15) is 0 Å². The van der Waals surface area contributed by atoms with Crippen LogP contribution in [0.4, 0.5) is 0 Å². The fraction of sp³-hybridized carbons (Fsp3) is 0.316. The summed E-state index contributed by atoms with van der Waals surface area (Å²) in [6.45, 7) is 6.17. The number of carbonyl (C=O) groups excluding carboxylic acids is 1. The Labute approximate surface area is 130 Å². The first kappa shape index (κ1) is 14.4. The molecular formula is C19H20OS. The lowest BCUT2D eigenvalue weighted by atomic mass is 9.86. The van der Waals surface area contributed by atoms with E-state index in [0.29, 0.717) is 11.7 Å². The number of hydrogen-bond donors (Lipinski definition) is 0. The highest BCUT2D eigenvalue weighted by atomic mass is 32.2. The topological polar surface area (TPSA) is 17.1 Å². The summed E-state index contributed by atoms with van der Waals surface area (Å²) in [5.41, 5.74) is 4.73. The molecule has 0 aromatic heterocycles. The van der Waals surface area contributed by atoms with Crippen molar-refractivity contribution < 1.29 is 4.79 Å². The summed E-state index contributed by atoms with van der Waals surface area (Å²) >= 11 is 1.84. The SMILES string of the molecule is CCC(=O)C1=C(c2ccc(C)cc2)SC2C=C(C)C=CC12. The number of carbonyl (C=O) groups is 1. The van der Waals surface area contributed by atoms with Crippen LogP contribution < -0.4 is 0 Å². The number of Topliss-reactive ketones (excluding diaryl/α,β-unsaturated/α-hetero) is 1. The Morgan fingerprint density at radius 3 is 2.57 bits per heavy atom. The van der Waals surface area contributed by atoms with Crippen LogP contribution in [-0.2, 0) is 4.79 Å².